The van der Waals surface area contributed by atoms with Crippen LogP contribution in [-0.2, 0) is 5.75 Å². The third-order valence-electron chi connectivity index (χ3n) is 1.77. The number of aromatic nitrogens is 3. The van der Waals surface area contributed by atoms with Gasteiger partial charge in [0.15, 0.2) is 0 Å². The van der Waals surface area contributed by atoms with Crippen molar-refractivity contribution in [3.05, 3.63) is 43.7 Å². The summed E-state index contributed by atoms with van der Waals surface area (Å²) in [4.78, 5) is 31.0. The average Bonchev–Trinajstić information content (AvgIpc) is 2.60. The van der Waals surface area contributed by atoms with Gasteiger partial charge >= 0.3 is 5.69 Å². The summed E-state index contributed by atoms with van der Waals surface area (Å²) in [7, 11) is 0. The van der Waals surface area contributed by atoms with E-state index in [1.807, 2.05) is 12.3 Å². The molecule has 0 aliphatic heterocycles. The Morgan fingerprint density at radius 1 is 1.44 bits per heavy atom. The second kappa shape index (κ2) is 4.67. The SMILES string of the molecule is Cc1csc(SCc2cc(=O)[nH]c(=O)[nH]2)n1. The van der Waals surface area contributed by atoms with Crippen molar-refractivity contribution < 1.29 is 0 Å². The molecule has 0 atom stereocenters. The number of aromatic amines is 2. The monoisotopic (exact) mass is 255 g/mol. The molecule has 0 unspecified atom stereocenters. The lowest BCUT2D eigenvalue weighted by molar-refractivity contribution is 0.985. The molecule has 0 fully saturated rings. The molecule has 0 saturated heterocycles. The number of hydrogen-bond acceptors (Lipinski definition) is 5. The van der Waals surface area contributed by atoms with Crippen LogP contribution in [0, 0.1) is 6.92 Å². The highest BCUT2D eigenvalue weighted by atomic mass is 32.2. The van der Waals surface area contributed by atoms with Gasteiger partial charge in [0, 0.05) is 28.6 Å². The molecule has 2 N–H and O–H groups in total. The first-order valence-electron chi connectivity index (χ1n) is 4.51. The Kier molecular flexibility index (Phi) is 3.25. The first kappa shape index (κ1) is 11.2. The highest BCUT2D eigenvalue weighted by Crippen LogP contribution is 2.24. The summed E-state index contributed by atoms with van der Waals surface area (Å²) in [5, 5.41) is 1.96. The Hall–Kier alpha value is -1.34. The predicted molar refractivity (Wildman–Crippen MR) is 64.1 cm³/mol. The van der Waals surface area contributed by atoms with Gasteiger partial charge in [-0.15, -0.1) is 11.3 Å². The van der Waals surface area contributed by atoms with E-state index < -0.39 is 5.69 Å². The average molecular weight is 255 g/mol. The van der Waals surface area contributed by atoms with Gasteiger partial charge in [-0.05, 0) is 6.92 Å². The molecule has 0 aromatic carbocycles. The number of aryl methyl sites for hydroxylation is 1. The number of nitrogens with one attached hydrogen (secondary N) is 2. The summed E-state index contributed by atoms with van der Waals surface area (Å²) in [6, 6.07) is 1.38. The molecule has 2 heterocycles. The molecule has 2 aromatic rings. The van der Waals surface area contributed by atoms with E-state index in [0.717, 1.165) is 10.0 Å². The minimum Gasteiger partial charge on any atom is -0.310 e. The van der Waals surface area contributed by atoms with Crippen molar-refractivity contribution in [2.45, 2.75) is 17.0 Å². The van der Waals surface area contributed by atoms with Crippen molar-refractivity contribution in [1.82, 2.24) is 15.0 Å². The second-order valence-corrected chi connectivity index (χ2v) is 5.24. The molecule has 0 radical (unpaired) electrons. The van der Waals surface area contributed by atoms with Gasteiger partial charge in [-0.3, -0.25) is 9.78 Å². The van der Waals surface area contributed by atoms with Crippen LogP contribution in [0.1, 0.15) is 11.4 Å². The van der Waals surface area contributed by atoms with E-state index in [2.05, 4.69) is 15.0 Å². The summed E-state index contributed by atoms with van der Waals surface area (Å²) in [6.45, 7) is 1.93. The van der Waals surface area contributed by atoms with Crippen molar-refractivity contribution in [2.75, 3.05) is 0 Å². The van der Waals surface area contributed by atoms with Crippen LogP contribution < -0.4 is 11.2 Å². The topological polar surface area (TPSA) is 78.6 Å². The number of nitrogens with zero attached hydrogens (tertiary/aromatic N) is 1. The Morgan fingerprint density at radius 2 is 2.25 bits per heavy atom. The molecular weight excluding hydrogens is 246 g/mol. The summed E-state index contributed by atoms with van der Waals surface area (Å²) in [5.74, 6) is 0.534. The van der Waals surface area contributed by atoms with Crippen LogP contribution in [0.2, 0.25) is 0 Å². The zero-order valence-corrected chi connectivity index (χ0v) is 10.1. The standard InChI is InChI=1S/C9H9N3O2S2/c1-5-3-15-9(10-5)16-4-6-2-7(13)12-8(14)11-6/h2-3H,4H2,1H3,(H2,11,12,13,14). The fraction of sp³-hybridized carbons (Fsp3) is 0.222. The zero-order valence-electron chi connectivity index (χ0n) is 8.44. The lowest BCUT2D eigenvalue weighted by atomic mass is 10.5. The first-order valence-corrected chi connectivity index (χ1v) is 6.37. The third kappa shape index (κ3) is 2.83. The molecule has 0 bridgehead atoms. The van der Waals surface area contributed by atoms with Gasteiger partial charge in [0.2, 0.25) is 0 Å². The second-order valence-electron chi connectivity index (χ2n) is 3.16. The van der Waals surface area contributed by atoms with E-state index >= 15 is 0 Å². The first-order chi connectivity index (χ1) is 7.63. The van der Waals surface area contributed by atoms with Crippen molar-refractivity contribution in [3.8, 4) is 0 Å². The maximum Gasteiger partial charge on any atom is 0.325 e. The normalized spacial score (nSPS) is 10.6. The van der Waals surface area contributed by atoms with Gasteiger partial charge in [0.05, 0.1) is 0 Å². The molecule has 0 amide bonds. The molecule has 0 saturated carbocycles. The third-order valence-corrected chi connectivity index (χ3v) is 3.95. The van der Waals surface area contributed by atoms with E-state index in [1.54, 1.807) is 11.3 Å². The van der Waals surface area contributed by atoms with E-state index in [1.165, 1.54) is 17.8 Å². The summed E-state index contributed by atoms with van der Waals surface area (Å²) in [6.07, 6.45) is 0. The van der Waals surface area contributed by atoms with Crippen molar-refractivity contribution in [1.29, 1.82) is 0 Å². The molecule has 2 rings (SSSR count). The number of thioether (sulfide) groups is 1. The number of rotatable bonds is 3. The molecule has 2 aromatic heterocycles. The Bertz CT molecular complexity index is 571. The van der Waals surface area contributed by atoms with Gasteiger partial charge in [0.25, 0.3) is 5.56 Å². The molecule has 16 heavy (non-hydrogen) atoms. The highest BCUT2D eigenvalue weighted by Gasteiger charge is 2.02. The van der Waals surface area contributed by atoms with Crippen LogP contribution in [0.25, 0.3) is 0 Å². The Balaban J connectivity index is 2.10. The maximum atomic E-state index is 11.0. The largest absolute Gasteiger partial charge is 0.325 e. The van der Waals surface area contributed by atoms with Crippen molar-refractivity contribution in [3.63, 3.8) is 0 Å². The summed E-state index contributed by atoms with van der Waals surface area (Å²) >= 11 is 3.05. The summed E-state index contributed by atoms with van der Waals surface area (Å²) < 4.78 is 0.929. The maximum absolute atomic E-state index is 11.0. The van der Waals surface area contributed by atoms with Gasteiger partial charge in [-0.2, -0.15) is 0 Å². The fourth-order valence-corrected chi connectivity index (χ4v) is 2.89. The lowest BCUT2D eigenvalue weighted by Crippen LogP contribution is -2.22. The Morgan fingerprint density at radius 3 is 2.88 bits per heavy atom. The van der Waals surface area contributed by atoms with E-state index in [-0.39, 0.29) is 5.56 Å². The van der Waals surface area contributed by atoms with Gasteiger partial charge < -0.3 is 4.98 Å². The van der Waals surface area contributed by atoms with Crippen LogP contribution >= 0.6 is 23.1 Å². The molecule has 0 aliphatic rings. The molecule has 5 nitrogen and oxygen atoms in total. The van der Waals surface area contributed by atoms with Gasteiger partial charge in [0.1, 0.15) is 4.34 Å². The molecule has 84 valence electrons. The van der Waals surface area contributed by atoms with Crippen molar-refractivity contribution >= 4 is 23.1 Å². The highest BCUT2D eigenvalue weighted by molar-refractivity contribution is 8.00. The van der Waals surface area contributed by atoms with Crippen LogP contribution in [0.15, 0.2) is 25.4 Å². The smallest absolute Gasteiger partial charge is 0.310 e. The molecule has 7 heteroatoms. The minimum atomic E-state index is -0.474. The zero-order chi connectivity index (χ0) is 11.5. The Labute approximate surface area is 99.0 Å². The van der Waals surface area contributed by atoms with E-state index in [4.69, 9.17) is 0 Å². The fourth-order valence-electron chi connectivity index (χ4n) is 1.14. The molecule has 0 aliphatic carbocycles. The lowest BCUT2D eigenvalue weighted by Gasteiger charge is -1.97. The molecule has 0 spiro atoms. The van der Waals surface area contributed by atoms with Crippen LogP contribution in [0.5, 0.6) is 0 Å². The summed E-state index contributed by atoms with van der Waals surface area (Å²) in [5.41, 5.74) is 0.728. The number of H-pyrrole nitrogens is 2. The van der Waals surface area contributed by atoms with Gasteiger partial charge in [-0.1, -0.05) is 11.8 Å². The number of hydrogen-bond donors (Lipinski definition) is 2. The van der Waals surface area contributed by atoms with E-state index in [0.29, 0.717) is 11.4 Å². The van der Waals surface area contributed by atoms with Crippen LogP contribution in [0.3, 0.4) is 0 Å². The number of thiazole rings is 1. The van der Waals surface area contributed by atoms with E-state index in [9.17, 15) is 9.59 Å². The molecular formula is C9H9N3O2S2. The van der Waals surface area contributed by atoms with Gasteiger partial charge in [-0.25, -0.2) is 9.78 Å². The van der Waals surface area contributed by atoms with Crippen LogP contribution in [0.4, 0.5) is 0 Å². The van der Waals surface area contributed by atoms with Crippen LogP contribution in [-0.4, -0.2) is 15.0 Å². The quantitative estimate of drug-likeness (QED) is 0.806. The van der Waals surface area contributed by atoms with Crippen molar-refractivity contribution in [2.24, 2.45) is 0 Å². The predicted octanol–water partition coefficient (Wildman–Crippen LogP) is 1.12. The minimum absolute atomic E-state index is 0.380.